The molecule has 0 heterocycles. The molecule has 0 aliphatic rings. The summed E-state index contributed by atoms with van der Waals surface area (Å²) in [5, 5.41) is 0. The lowest BCUT2D eigenvalue weighted by Gasteiger charge is -2.14. The molecule has 0 fully saturated rings. The topological polar surface area (TPSA) is 53.7 Å². The van der Waals surface area contributed by atoms with Gasteiger partial charge in [0.2, 0.25) is 0 Å². The number of hydrogen-bond donors (Lipinski definition) is 1. The van der Waals surface area contributed by atoms with E-state index in [1.165, 1.54) is 5.56 Å². The lowest BCUT2D eigenvalue weighted by atomic mass is 10.0. The minimum atomic E-state index is 0.186. The van der Waals surface area contributed by atoms with Crippen LogP contribution in [0.3, 0.4) is 0 Å². The number of nitrogens with two attached hydrogens (primary N) is 1. The SMILES string of the molecule is CCC(N)Cc1ccc(OCCOCC(C)C)c(OC)c1. The number of benzene rings is 1. The molecule has 1 rings (SSSR count). The molecule has 4 heteroatoms. The molecule has 0 saturated carbocycles. The van der Waals surface area contributed by atoms with E-state index in [0.29, 0.717) is 19.1 Å². The van der Waals surface area contributed by atoms with Gasteiger partial charge in [0.1, 0.15) is 6.61 Å². The lowest BCUT2D eigenvalue weighted by molar-refractivity contribution is 0.0811. The fourth-order valence-electron chi connectivity index (χ4n) is 1.93. The first-order valence-corrected chi connectivity index (χ1v) is 7.69. The molecular formula is C17H29NO3. The van der Waals surface area contributed by atoms with Crippen molar-refractivity contribution in [1.29, 1.82) is 0 Å². The molecule has 4 nitrogen and oxygen atoms in total. The van der Waals surface area contributed by atoms with Crippen molar-refractivity contribution in [3.63, 3.8) is 0 Å². The summed E-state index contributed by atoms with van der Waals surface area (Å²) in [5.41, 5.74) is 7.15. The molecule has 1 atom stereocenters. The fraction of sp³-hybridized carbons (Fsp3) is 0.647. The van der Waals surface area contributed by atoms with Crippen LogP contribution in [0.5, 0.6) is 11.5 Å². The molecule has 0 bridgehead atoms. The summed E-state index contributed by atoms with van der Waals surface area (Å²) in [6.07, 6.45) is 1.82. The average Bonchev–Trinajstić information content (AvgIpc) is 2.47. The monoisotopic (exact) mass is 295 g/mol. The lowest BCUT2D eigenvalue weighted by Crippen LogP contribution is -2.21. The van der Waals surface area contributed by atoms with Crippen LogP contribution in [0.2, 0.25) is 0 Å². The molecule has 0 radical (unpaired) electrons. The van der Waals surface area contributed by atoms with E-state index in [-0.39, 0.29) is 6.04 Å². The number of rotatable bonds is 10. The molecule has 0 aliphatic heterocycles. The van der Waals surface area contributed by atoms with Gasteiger partial charge in [-0.1, -0.05) is 26.8 Å². The van der Waals surface area contributed by atoms with Crippen molar-refractivity contribution in [2.45, 2.75) is 39.7 Å². The number of ether oxygens (including phenoxy) is 3. The average molecular weight is 295 g/mol. The Morgan fingerprint density at radius 1 is 1.14 bits per heavy atom. The summed E-state index contributed by atoms with van der Waals surface area (Å²) in [7, 11) is 1.65. The predicted molar refractivity (Wildman–Crippen MR) is 86.1 cm³/mol. The van der Waals surface area contributed by atoms with Crippen LogP contribution in [-0.2, 0) is 11.2 Å². The first-order chi connectivity index (χ1) is 10.1. The highest BCUT2D eigenvalue weighted by Crippen LogP contribution is 2.28. The summed E-state index contributed by atoms with van der Waals surface area (Å²) >= 11 is 0. The van der Waals surface area contributed by atoms with E-state index >= 15 is 0 Å². The summed E-state index contributed by atoms with van der Waals surface area (Å²) in [4.78, 5) is 0. The van der Waals surface area contributed by atoms with Crippen molar-refractivity contribution in [3.8, 4) is 11.5 Å². The molecule has 0 saturated heterocycles. The Hall–Kier alpha value is -1.26. The second-order valence-electron chi connectivity index (χ2n) is 5.67. The maximum absolute atomic E-state index is 5.98. The Morgan fingerprint density at radius 2 is 1.90 bits per heavy atom. The van der Waals surface area contributed by atoms with Crippen LogP contribution in [0.25, 0.3) is 0 Å². The second kappa shape index (κ2) is 9.64. The van der Waals surface area contributed by atoms with E-state index < -0.39 is 0 Å². The molecule has 0 aromatic heterocycles. The zero-order chi connectivity index (χ0) is 15.7. The minimum absolute atomic E-state index is 0.186. The molecule has 21 heavy (non-hydrogen) atoms. The summed E-state index contributed by atoms with van der Waals surface area (Å²) < 4.78 is 16.6. The molecule has 1 aromatic carbocycles. The quantitative estimate of drug-likeness (QED) is 0.674. The van der Waals surface area contributed by atoms with Gasteiger partial charge < -0.3 is 19.9 Å². The third-order valence-corrected chi connectivity index (χ3v) is 3.19. The molecule has 1 unspecified atom stereocenters. The van der Waals surface area contributed by atoms with Gasteiger partial charge in [-0.15, -0.1) is 0 Å². The van der Waals surface area contributed by atoms with Gasteiger partial charge in [0.25, 0.3) is 0 Å². The van der Waals surface area contributed by atoms with E-state index in [2.05, 4.69) is 20.8 Å². The van der Waals surface area contributed by atoms with Gasteiger partial charge in [0, 0.05) is 12.6 Å². The van der Waals surface area contributed by atoms with Crippen LogP contribution in [-0.4, -0.2) is 33.0 Å². The van der Waals surface area contributed by atoms with Crippen LogP contribution >= 0.6 is 0 Å². The van der Waals surface area contributed by atoms with Gasteiger partial charge in [-0.05, 0) is 36.5 Å². The van der Waals surface area contributed by atoms with Gasteiger partial charge in [-0.2, -0.15) is 0 Å². The van der Waals surface area contributed by atoms with Gasteiger partial charge in [0.05, 0.1) is 13.7 Å². The van der Waals surface area contributed by atoms with E-state index in [4.69, 9.17) is 19.9 Å². The molecular weight excluding hydrogens is 266 g/mol. The molecule has 0 amide bonds. The van der Waals surface area contributed by atoms with Crippen LogP contribution in [0.1, 0.15) is 32.8 Å². The second-order valence-corrected chi connectivity index (χ2v) is 5.67. The number of methoxy groups -OCH3 is 1. The smallest absolute Gasteiger partial charge is 0.161 e. The Labute approximate surface area is 128 Å². The molecule has 0 spiro atoms. The minimum Gasteiger partial charge on any atom is -0.493 e. The molecule has 120 valence electrons. The van der Waals surface area contributed by atoms with Crippen molar-refractivity contribution < 1.29 is 14.2 Å². The van der Waals surface area contributed by atoms with Gasteiger partial charge >= 0.3 is 0 Å². The highest BCUT2D eigenvalue weighted by Gasteiger charge is 2.08. The Bertz CT molecular complexity index is 407. The Kier molecular flexibility index (Phi) is 8.16. The highest BCUT2D eigenvalue weighted by molar-refractivity contribution is 5.43. The van der Waals surface area contributed by atoms with Crippen LogP contribution in [0, 0.1) is 5.92 Å². The van der Waals surface area contributed by atoms with Gasteiger partial charge in [0.15, 0.2) is 11.5 Å². The van der Waals surface area contributed by atoms with Crippen molar-refractivity contribution in [2.75, 3.05) is 26.9 Å². The van der Waals surface area contributed by atoms with Crippen LogP contribution < -0.4 is 15.2 Å². The summed E-state index contributed by atoms with van der Waals surface area (Å²) in [6, 6.07) is 6.17. The van der Waals surface area contributed by atoms with Crippen LogP contribution in [0.15, 0.2) is 18.2 Å². The highest BCUT2D eigenvalue weighted by atomic mass is 16.5. The van der Waals surface area contributed by atoms with E-state index in [0.717, 1.165) is 30.9 Å². The summed E-state index contributed by atoms with van der Waals surface area (Å²) in [5.74, 6) is 2.04. The third kappa shape index (κ3) is 6.82. The normalized spacial score (nSPS) is 12.5. The Balaban J connectivity index is 2.50. The standard InChI is InChI=1S/C17H29NO3/c1-5-15(18)10-14-6-7-16(17(11-14)19-4)21-9-8-20-12-13(2)3/h6-7,11,13,15H,5,8-10,12,18H2,1-4H3. The van der Waals surface area contributed by atoms with E-state index in [1.54, 1.807) is 7.11 Å². The van der Waals surface area contributed by atoms with E-state index in [9.17, 15) is 0 Å². The molecule has 2 N–H and O–H groups in total. The molecule has 0 aliphatic carbocycles. The predicted octanol–water partition coefficient (Wildman–Crippen LogP) is 3.03. The Morgan fingerprint density at radius 3 is 2.52 bits per heavy atom. The van der Waals surface area contributed by atoms with Crippen molar-refractivity contribution in [1.82, 2.24) is 0 Å². The third-order valence-electron chi connectivity index (χ3n) is 3.19. The zero-order valence-corrected chi connectivity index (χ0v) is 13.7. The maximum Gasteiger partial charge on any atom is 0.161 e. The zero-order valence-electron chi connectivity index (χ0n) is 13.7. The first kappa shape index (κ1) is 17.8. The summed E-state index contributed by atoms with van der Waals surface area (Å²) in [6.45, 7) is 8.22. The van der Waals surface area contributed by atoms with Crippen molar-refractivity contribution >= 4 is 0 Å². The van der Waals surface area contributed by atoms with Crippen LogP contribution in [0.4, 0.5) is 0 Å². The largest absolute Gasteiger partial charge is 0.493 e. The van der Waals surface area contributed by atoms with E-state index in [1.807, 2.05) is 18.2 Å². The van der Waals surface area contributed by atoms with Crippen molar-refractivity contribution in [3.05, 3.63) is 23.8 Å². The van der Waals surface area contributed by atoms with Gasteiger partial charge in [-0.25, -0.2) is 0 Å². The maximum atomic E-state index is 5.98. The van der Waals surface area contributed by atoms with Crippen molar-refractivity contribution in [2.24, 2.45) is 11.7 Å². The number of hydrogen-bond acceptors (Lipinski definition) is 4. The first-order valence-electron chi connectivity index (χ1n) is 7.69. The molecule has 1 aromatic rings. The van der Waals surface area contributed by atoms with Gasteiger partial charge in [-0.3, -0.25) is 0 Å². The fourth-order valence-corrected chi connectivity index (χ4v) is 1.93.